The normalized spacial score (nSPS) is 23.4. The van der Waals surface area contributed by atoms with E-state index >= 15 is 0 Å². The average molecular weight is 297 g/mol. The third-order valence-corrected chi connectivity index (χ3v) is 3.79. The van der Waals surface area contributed by atoms with Crippen LogP contribution in [0, 0.1) is 0 Å². The van der Waals surface area contributed by atoms with E-state index in [9.17, 15) is 4.79 Å². The van der Waals surface area contributed by atoms with Crippen molar-refractivity contribution >= 4 is 17.7 Å². The van der Waals surface area contributed by atoms with Gasteiger partial charge in [0.15, 0.2) is 0 Å². The fraction of sp³-hybridized carbons (Fsp3) is 0.533. The Hall–Kier alpha value is -1.26. The number of likely N-dealkylation sites (N-methyl/N-ethyl adjacent to an activating group) is 1. The molecule has 1 saturated heterocycles. The number of alkyl carbamates (subject to hydrolysis) is 1. The quantitative estimate of drug-likeness (QED) is 0.932. The van der Waals surface area contributed by atoms with Gasteiger partial charge in [0.05, 0.1) is 6.61 Å². The highest BCUT2D eigenvalue weighted by Gasteiger charge is 2.27. The largest absolute Gasteiger partial charge is 0.450 e. The number of carbonyl (C=O) groups excluding carboxylic acids is 1. The second-order valence-electron chi connectivity index (χ2n) is 5.27. The van der Waals surface area contributed by atoms with Crippen molar-refractivity contribution in [3.8, 4) is 0 Å². The summed E-state index contributed by atoms with van der Waals surface area (Å²) in [5.41, 5.74) is 1.22. The number of amides is 1. The van der Waals surface area contributed by atoms with Crippen molar-refractivity contribution in [1.82, 2.24) is 10.2 Å². The number of benzene rings is 1. The summed E-state index contributed by atoms with van der Waals surface area (Å²) in [6.07, 6.45) is 0.571. The van der Waals surface area contributed by atoms with Crippen LogP contribution in [0.3, 0.4) is 0 Å². The van der Waals surface area contributed by atoms with Crippen LogP contribution in [0.2, 0.25) is 5.02 Å². The zero-order chi connectivity index (χ0) is 14.5. The molecule has 1 aliphatic rings. The van der Waals surface area contributed by atoms with E-state index in [1.807, 2.05) is 18.2 Å². The van der Waals surface area contributed by atoms with Crippen LogP contribution in [-0.4, -0.2) is 43.8 Å². The van der Waals surface area contributed by atoms with Gasteiger partial charge >= 0.3 is 6.09 Å². The van der Waals surface area contributed by atoms with Gasteiger partial charge < -0.3 is 15.0 Å². The Labute approximate surface area is 125 Å². The molecule has 2 rings (SSSR count). The topological polar surface area (TPSA) is 41.6 Å². The fourth-order valence-electron chi connectivity index (χ4n) is 2.77. The monoisotopic (exact) mass is 296 g/mol. The molecule has 0 bridgehead atoms. The van der Waals surface area contributed by atoms with Gasteiger partial charge in [-0.3, -0.25) is 0 Å². The summed E-state index contributed by atoms with van der Waals surface area (Å²) in [6, 6.07) is 8.06. The van der Waals surface area contributed by atoms with Gasteiger partial charge in [0, 0.05) is 24.2 Å². The molecule has 0 spiro atoms. The molecule has 1 heterocycles. The van der Waals surface area contributed by atoms with Gasteiger partial charge in [0.2, 0.25) is 0 Å². The maximum absolute atomic E-state index is 11.5. The maximum Gasteiger partial charge on any atom is 0.407 e. The molecule has 4 nitrogen and oxygen atoms in total. The van der Waals surface area contributed by atoms with Gasteiger partial charge in [-0.05, 0) is 44.0 Å². The lowest BCUT2D eigenvalue weighted by Crippen LogP contribution is -2.48. The van der Waals surface area contributed by atoms with E-state index in [1.54, 1.807) is 6.92 Å². The minimum atomic E-state index is -0.336. The number of halogens is 1. The van der Waals surface area contributed by atoms with Crippen molar-refractivity contribution in [2.45, 2.75) is 25.3 Å². The number of nitrogens with one attached hydrogen (secondary N) is 1. The molecule has 1 aromatic rings. The average Bonchev–Trinajstić information content (AvgIpc) is 2.38. The van der Waals surface area contributed by atoms with Gasteiger partial charge in [-0.25, -0.2) is 4.79 Å². The number of carbonyl (C=O) groups is 1. The lowest BCUT2D eigenvalue weighted by atomic mass is 9.88. The SMILES string of the molecule is CCOC(=O)NC1CC(c2cccc(Cl)c2)CN(C)C1. The maximum atomic E-state index is 11.5. The summed E-state index contributed by atoms with van der Waals surface area (Å²) in [4.78, 5) is 13.8. The van der Waals surface area contributed by atoms with Crippen molar-refractivity contribution < 1.29 is 9.53 Å². The predicted octanol–water partition coefficient (Wildman–Crippen LogP) is 2.87. The predicted molar refractivity (Wildman–Crippen MR) is 80.3 cm³/mol. The number of hydrogen-bond acceptors (Lipinski definition) is 3. The van der Waals surface area contributed by atoms with Crippen molar-refractivity contribution in [1.29, 1.82) is 0 Å². The number of piperidine rings is 1. The first kappa shape index (κ1) is 15.1. The van der Waals surface area contributed by atoms with Crippen molar-refractivity contribution in [2.75, 3.05) is 26.7 Å². The second-order valence-corrected chi connectivity index (χ2v) is 5.71. The first-order valence-corrected chi connectivity index (χ1v) is 7.33. The van der Waals surface area contributed by atoms with Crippen molar-refractivity contribution in [3.63, 3.8) is 0 Å². The Kier molecular flexibility index (Phi) is 5.26. The summed E-state index contributed by atoms with van der Waals surface area (Å²) in [5.74, 6) is 0.374. The van der Waals surface area contributed by atoms with Gasteiger partial charge in [0.25, 0.3) is 0 Å². The van der Waals surface area contributed by atoms with E-state index in [4.69, 9.17) is 16.3 Å². The van der Waals surface area contributed by atoms with Crippen LogP contribution >= 0.6 is 11.6 Å². The Bertz CT molecular complexity index is 467. The van der Waals surface area contributed by atoms with Crippen LogP contribution in [0.4, 0.5) is 4.79 Å². The third-order valence-electron chi connectivity index (χ3n) is 3.55. The molecule has 1 aliphatic heterocycles. The molecule has 1 N–H and O–H groups in total. The molecule has 110 valence electrons. The Morgan fingerprint density at radius 3 is 3.00 bits per heavy atom. The second kappa shape index (κ2) is 6.95. The minimum absolute atomic E-state index is 0.108. The summed E-state index contributed by atoms with van der Waals surface area (Å²) in [6.45, 7) is 4.02. The van der Waals surface area contributed by atoms with Crippen LogP contribution in [0.1, 0.15) is 24.8 Å². The smallest absolute Gasteiger partial charge is 0.407 e. The lowest BCUT2D eigenvalue weighted by molar-refractivity contribution is 0.135. The van der Waals surface area contributed by atoms with E-state index < -0.39 is 0 Å². The molecular weight excluding hydrogens is 276 g/mol. The molecule has 20 heavy (non-hydrogen) atoms. The third kappa shape index (κ3) is 4.12. The number of nitrogens with zero attached hydrogens (tertiary/aromatic N) is 1. The van der Waals surface area contributed by atoms with E-state index in [2.05, 4.69) is 23.3 Å². The molecule has 2 unspecified atom stereocenters. The van der Waals surface area contributed by atoms with Crippen LogP contribution in [0.25, 0.3) is 0 Å². The van der Waals surface area contributed by atoms with Crippen LogP contribution in [0.5, 0.6) is 0 Å². The molecule has 1 amide bonds. The van der Waals surface area contributed by atoms with E-state index in [-0.39, 0.29) is 12.1 Å². The Balaban J connectivity index is 2.02. The fourth-order valence-corrected chi connectivity index (χ4v) is 2.96. The Morgan fingerprint density at radius 1 is 1.50 bits per heavy atom. The molecule has 0 saturated carbocycles. The molecule has 1 fully saturated rings. The number of rotatable bonds is 3. The van der Waals surface area contributed by atoms with E-state index in [0.29, 0.717) is 12.5 Å². The molecule has 1 aromatic carbocycles. The summed E-state index contributed by atoms with van der Waals surface area (Å²) in [7, 11) is 2.07. The van der Waals surface area contributed by atoms with Gasteiger partial charge in [-0.1, -0.05) is 23.7 Å². The highest BCUT2D eigenvalue weighted by atomic mass is 35.5. The number of hydrogen-bond donors (Lipinski definition) is 1. The Morgan fingerprint density at radius 2 is 2.30 bits per heavy atom. The first-order valence-electron chi connectivity index (χ1n) is 6.95. The van der Waals surface area contributed by atoms with Crippen molar-refractivity contribution in [2.24, 2.45) is 0 Å². The highest BCUT2D eigenvalue weighted by molar-refractivity contribution is 6.30. The molecular formula is C15H21ClN2O2. The molecule has 2 atom stereocenters. The molecule has 0 aliphatic carbocycles. The molecule has 0 radical (unpaired) electrons. The standard InChI is InChI=1S/C15H21ClN2O2/c1-3-20-15(19)17-14-8-12(9-18(2)10-14)11-5-4-6-13(16)7-11/h4-7,12,14H,3,8-10H2,1-2H3,(H,17,19). The van der Waals surface area contributed by atoms with Gasteiger partial charge in [0.1, 0.15) is 0 Å². The highest BCUT2D eigenvalue weighted by Crippen LogP contribution is 2.28. The number of ether oxygens (including phenoxy) is 1. The summed E-state index contributed by atoms with van der Waals surface area (Å²) >= 11 is 6.06. The van der Waals surface area contributed by atoms with Crippen LogP contribution < -0.4 is 5.32 Å². The van der Waals surface area contributed by atoms with E-state index in [1.165, 1.54) is 5.56 Å². The van der Waals surface area contributed by atoms with Gasteiger partial charge in [-0.15, -0.1) is 0 Å². The number of likely N-dealkylation sites (tertiary alicyclic amines) is 1. The minimum Gasteiger partial charge on any atom is -0.450 e. The van der Waals surface area contributed by atoms with Crippen LogP contribution in [-0.2, 0) is 4.74 Å². The van der Waals surface area contributed by atoms with Crippen LogP contribution in [0.15, 0.2) is 24.3 Å². The van der Waals surface area contributed by atoms with Gasteiger partial charge in [-0.2, -0.15) is 0 Å². The molecule has 0 aromatic heterocycles. The zero-order valence-electron chi connectivity index (χ0n) is 11.9. The summed E-state index contributed by atoms with van der Waals surface area (Å²) in [5, 5.41) is 3.68. The zero-order valence-corrected chi connectivity index (χ0v) is 12.7. The van der Waals surface area contributed by atoms with E-state index in [0.717, 1.165) is 24.5 Å². The summed E-state index contributed by atoms with van der Waals surface area (Å²) < 4.78 is 4.95. The van der Waals surface area contributed by atoms with Crippen molar-refractivity contribution in [3.05, 3.63) is 34.9 Å². The lowest BCUT2D eigenvalue weighted by Gasteiger charge is -2.36. The molecule has 5 heteroatoms. The first-order chi connectivity index (χ1) is 9.58.